The van der Waals surface area contributed by atoms with Gasteiger partial charge in [-0.15, -0.1) is 0 Å². The van der Waals surface area contributed by atoms with Crippen LogP contribution in [-0.4, -0.2) is 25.8 Å². The molecule has 2 aromatic rings. The number of methoxy groups -OCH3 is 2. The molecule has 0 aliphatic carbocycles. The molecule has 0 radical (unpaired) electrons. The lowest BCUT2D eigenvalue weighted by Gasteiger charge is -2.39. The van der Waals surface area contributed by atoms with E-state index in [4.69, 9.17) is 14.2 Å². The predicted molar refractivity (Wildman–Crippen MR) is 108 cm³/mol. The van der Waals surface area contributed by atoms with Gasteiger partial charge in [0, 0.05) is 36.0 Å². The Bertz CT molecular complexity index is 647. The molecule has 3 nitrogen and oxygen atoms in total. The molecule has 136 valence electrons. The van der Waals surface area contributed by atoms with Crippen molar-refractivity contribution in [2.75, 3.05) is 14.2 Å². The van der Waals surface area contributed by atoms with E-state index in [1.54, 1.807) is 14.2 Å². The van der Waals surface area contributed by atoms with Gasteiger partial charge >= 0.3 is 0 Å². The minimum Gasteiger partial charge on any atom is -0.353 e. The van der Waals surface area contributed by atoms with Crippen LogP contribution in [0.4, 0.5) is 0 Å². The van der Waals surface area contributed by atoms with Crippen molar-refractivity contribution in [3.63, 3.8) is 0 Å². The molecule has 25 heavy (non-hydrogen) atoms. The quantitative estimate of drug-likeness (QED) is 0.459. The van der Waals surface area contributed by atoms with Gasteiger partial charge in [-0.1, -0.05) is 68.3 Å². The van der Waals surface area contributed by atoms with Crippen LogP contribution in [-0.2, 0) is 27.1 Å². The highest BCUT2D eigenvalue weighted by Gasteiger charge is 2.37. The third-order valence-corrected chi connectivity index (χ3v) is 5.78. The van der Waals surface area contributed by atoms with Crippen molar-refractivity contribution in [2.45, 2.75) is 38.3 Å². The molecule has 0 saturated carbocycles. The third-order valence-electron chi connectivity index (χ3n) is 4.23. The number of hydrogen-bond donors (Lipinski definition) is 0. The predicted octanol–water partition coefficient (Wildman–Crippen LogP) is 5.74. The second-order valence-corrected chi connectivity index (χ2v) is 8.02. The average molecular weight is 472 g/mol. The molecule has 0 amide bonds. The number of rotatable bonds is 8. The van der Waals surface area contributed by atoms with Crippen molar-refractivity contribution in [3.8, 4) is 0 Å². The first-order valence-corrected chi connectivity index (χ1v) is 9.67. The van der Waals surface area contributed by atoms with E-state index < -0.39 is 11.6 Å². The Morgan fingerprint density at radius 1 is 0.720 bits per heavy atom. The Balaban J connectivity index is 2.21. The lowest BCUT2D eigenvalue weighted by atomic mass is 10.0. The van der Waals surface area contributed by atoms with E-state index in [2.05, 4.69) is 44.0 Å². The lowest BCUT2D eigenvalue weighted by Crippen LogP contribution is -2.46. The van der Waals surface area contributed by atoms with Crippen LogP contribution < -0.4 is 0 Å². The largest absolute Gasteiger partial charge is 0.353 e. The maximum absolute atomic E-state index is 6.36. The lowest BCUT2D eigenvalue weighted by molar-refractivity contribution is -0.334. The van der Waals surface area contributed by atoms with E-state index >= 15 is 0 Å². The van der Waals surface area contributed by atoms with E-state index in [9.17, 15) is 0 Å². The molecule has 2 rings (SSSR count). The van der Waals surface area contributed by atoms with Gasteiger partial charge in [0.2, 0.25) is 0 Å². The zero-order chi connectivity index (χ0) is 18.5. The molecule has 0 aliphatic rings. The molecular weight excluding hydrogens is 448 g/mol. The van der Waals surface area contributed by atoms with Gasteiger partial charge in [0.05, 0.1) is 0 Å². The number of halogens is 2. The summed E-state index contributed by atoms with van der Waals surface area (Å²) in [7, 11) is 3.32. The summed E-state index contributed by atoms with van der Waals surface area (Å²) in [6, 6.07) is 16.1. The van der Waals surface area contributed by atoms with Crippen LogP contribution in [0, 0.1) is 0 Å². The highest BCUT2D eigenvalue weighted by Crippen LogP contribution is 2.32. The van der Waals surface area contributed by atoms with Crippen LogP contribution in [0.5, 0.6) is 0 Å². The Kier molecular flexibility index (Phi) is 7.23. The molecule has 0 aliphatic heterocycles. The van der Waals surface area contributed by atoms with Crippen molar-refractivity contribution in [1.82, 2.24) is 0 Å². The van der Waals surface area contributed by atoms with Crippen LogP contribution in [0.2, 0.25) is 0 Å². The van der Waals surface area contributed by atoms with Crippen LogP contribution in [0.15, 0.2) is 57.5 Å². The molecule has 2 aromatic carbocycles. The summed E-state index contributed by atoms with van der Waals surface area (Å²) >= 11 is 7.18. The summed E-state index contributed by atoms with van der Waals surface area (Å²) in [5, 5.41) is 0. The minimum atomic E-state index is -0.824. The summed E-state index contributed by atoms with van der Waals surface area (Å²) in [5.74, 6) is -1.65. The SMILES string of the molecule is COC(C)(Cc1ccccc1Br)OC(C)(Cc1ccccc1Br)OC. The topological polar surface area (TPSA) is 27.7 Å². The van der Waals surface area contributed by atoms with Gasteiger partial charge in [0.1, 0.15) is 0 Å². The van der Waals surface area contributed by atoms with Crippen molar-refractivity contribution in [2.24, 2.45) is 0 Å². The fourth-order valence-electron chi connectivity index (χ4n) is 2.73. The third kappa shape index (κ3) is 5.63. The van der Waals surface area contributed by atoms with Crippen molar-refractivity contribution >= 4 is 31.9 Å². The van der Waals surface area contributed by atoms with Crippen LogP contribution in [0.3, 0.4) is 0 Å². The molecule has 0 heterocycles. The van der Waals surface area contributed by atoms with Crippen molar-refractivity contribution < 1.29 is 14.2 Å². The van der Waals surface area contributed by atoms with Crippen molar-refractivity contribution in [1.29, 1.82) is 0 Å². The second kappa shape index (κ2) is 8.78. The zero-order valence-electron chi connectivity index (χ0n) is 15.0. The molecular formula is C20H24Br2O3. The highest BCUT2D eigenvalue weighted by molar-refractivity contribution is 9.10. The van der Waals surface area contributed by atoms with Gasteiger partial charge in [-0.3, -0.25) is 0 Å². The number of hydrogen-bond acceptors (Lipinski definition) is 3. The average Bonchev–Trinajstić information content (AvgIpc) is 2.59. The van der Waals surface area contributed by atoms with Crippen LogP contribution in [0.25, 0.3) is 0 Å². The van der Waals surface area contributed by atoms with Gasteiger partial charge in [0.15, 0.2) is 11.6 Å². The molecule has 0 aromatic heterocycles. The van der Waals surface area contributed by atoms with Gasteiger partial charge in [0.25, 0.3) is 0 Å². The standard InChI is InChI=1S/C20H24Br2O3/c1-19(23-3,13-15-9-5-7-11-17(15)21)25-20(2,24-4)14-16-10-6-8-12-18(16)22/h5-12H,13-14H2,1-4H3. The van der Waals surface area contributed by atoms with Gasteiger partial charge in [-0.05, 0) is 37.1 Å². The number of benzene rings is 2. The summed E-state index contributed by atoms with van der Waals surface area (Å²) < 4.78 is 19.9. The maximum Gasteiger partial charge on any atom is 0.172 e. The molecule has 0 spiro atoms. The Morgan fingerprint density at radius 3 is 1.40 bits per heavy atom. The van der Waals surface area contributed by atoms with Gasteiger partial charge < -0.3 is 14.2 Å². The molecule has 2 unspecified atom stereocenters. The molecule has 2 atom stereocenters. The van der Waals surface area contributed by atoms with E-state index in [-0.39, 0.29) is 0 Å². The Hall–Kier alpha value is -0.720. The second-order valence-electron chi connectivity index (χ2n) is 6.31. The maximum atomic E-state index is 6.36. The van der Waals surface area contributed by atoms with Crippen LogP contribution in [0.1, 0.15) is 25.0 Å². The fraction of sp³-hybridized carbons (Fsp3) is 0.400. The summed E-state index contributed by atoms with van der Waals surface area (Å²) in [6.07, 6.45) is 1.19. The first-order chi connectivity index (χ1) is 11.8. The molecule has 0 N–H and O–H groups in total. The molecule has 0 bridgehead atoms. The monoisotopic (exact) mass is 470 g/mol. The van der Waals surface area contributed by atoms with Gasteiger partial charge in [-0.25, -0.2) is 0 Å². The summed E-state index contributed by atoms with van der Waals surface area (Å²) in [4.78, 5) is 0. The Morgan fingerprint density at radius 2 is 1.08 bits per heavy atom. The first kappa shape index (κ1) is 20.6. The smallest absolute Gasteiger partial charge is 0.172 e. The van der Waals surface area contributed by atoms with Crippen LogP contribution >= 0.6 is 31.9 Å². The van der Waals surface area contributed by atoms with E-state index in [1.165, 1.54) is 0 Å². The zero-order valence-corrected chi connectivity index (χ0v) is 18.2. The Labute approximate surface area is 166 Å². The van der Waals surface area contributed by atoms with E-state index in [0.29, 0.717) is 12.8 Å². The minimum absolute atomic E-state index is 0.597. The molecule has 5 heteroatoms. The summed E-state index contributed by atoms with van der Waals surface area (Å²) in [5.41, 5.74) is 2.23. The van der Waals surface area contributed by atoms with Crippen molar-refractivity contribution in [3.05, 3.63) is 68.6 Å². The van der Waals surface area contributed by atoms with Gasteiger partial charge in [-0.2, -0.15) is 0 Å². The fourth-order valence-corrected chi connectivity index (χ4v) is 3.58. The normalized spacial score (nSPS) is 16.2. The van der Waals surface area contributed by atoms with E-state index in [0.717, 1.165) is 20.1 Å². The molecule has 0 fully saturated rings. The summed E-state index contributed by atoms with van der Waals surface area (Å²) in [6.45, 7) is 3.87. The highest BCUT2D eigenvalue weighted by atomic mass is 79.9. The first-order valence-electron chi connectivity index (χ1n) is 8.08. The molecule has 0 saturated heterocycles. The number of ether oxygens (including phenoxy) is 3. The van der Waals surface area contributed by atoms with E-state index in [1.807, 2.05) is 50.2 Å².